The molecular formula is C17H21N3O3. The zero-order valence-electron chi connectivity index (χ0n) is 13.4. The van der Waals surface area contributed by atoms with Gasteiger partial charge in [-0.25, -0.2) is 4.79 Å². The maximum atomic E-state index is 12.0. The number of hydrogen-bond donors (Lipinski definition) is 2. The number of benzene rings is 1. The lowest BCUT2D eigenvalue weighted by molar-refractivity contribution is 0.210. The molecule has 2 N–H and O–H groups in total. The number of amides is 2. The van der Waals surface area contributed by atoms with Crippen molar-refractivity contribution in [2.24, 2.45) is 0 Å². The van der Waals surface area contributed by atoms with Gasteiger partial charge >= 0.3 is 12.0 Å². The van der Waals surface area contributed by atoms with Gasteiger partial charge in [-0.05, 0) is 51.7 Å². The molecule has 23 heavy (non-hydrogen) atoms. The van der Waals surface area contributed by atoms with E-state index in [1.807, 2.05) is 31.2 Å². The fourth-order valence-corrected chi connectivity index (χ4v) is 2.63. The molecule has 3 rings (SSSR count). The Labute approximate surface area is 135 Å². The van der Waals surface area contributed by atoms with Crippen molar-refractivity contribution < 1.29 is 13.9 Å². The van der Waals surface area contributed by atoms with Crippen molar-refractivity contribution in [2.45, 2.75) is 45.6 Å². The van der Waals surface area contributed by atoms with Crippen molar-refractivity contribution in [1.82, 2.24) is 4.98 Å². The molecule has 1 aromatic carbocycles. The van der Waals surface area contributed by atoms with Gasteiger partial charge in [-0.15, -0.1) is 0 Å². The number of carbonyl (C=O) groups excluding carboxylic acids is 1. The Morgan fingerprint density at radius 2 is 2.04 bits per heavy atom. The van der Waals surface area contributed by atoms with Gasteiger partial charge in [-0.3, -0.25) is 5.32 Å². The summed E-state index contributed by atoms with van der Waals surface area (Å²) < 4.78 is 11.3. The summed E-state index contributed by atoms with van der Waals surface area (Å²) in [5, 5.41) is 5.33. The Kier molecular flexibility index (Phi) is 4.50. The first kappa shape index (κ1) is 15.4. The lowest BCUT2D eigenvalue weighted by atomic mass is 10.2. The molecule has 0 radical (unpaired) electrons. The van der Waals surface area contributed by atoms with E-state index in [9.17, 15) is 4.79 Å². The van der Waals surface area contributed by atoms with Crippen LogP contribution in [-0.2, 0) is 0 Å². The zero-order chi connectivity index (χ0) is 16.2. The number of aromatic nitrogens is 1. The summed E-state index contributed by atoms with van der Waals surface area (Å²) in [5.74, 6) is 1.46. The monoisotopic (exact) mass is 315 g/mol. The number of urea groups is 1. The van der Waals surface area contributed by atoms with E-state index in [1.54, 1.807) is 6.92 Å². The molecule has 1 heterocycles. The topological polar surface area (TPSA) is 76.4 Å². The summed E-state index contributed by atoms with van der Waals surface area (Å²) in [4.78, 5) is 16.1. The first-order valence-corrected chi connectivity index (χ1v) is 7.89. The zero-order valence-corrected chi connectivity index (χ0v) is 13.4. The summed E-state index contributed by atoms with van der Waals surface area (Å²) in [6, 6.07) is 7.19. The highest BCUT2D eigenvalue weighted by atomic mass is 16.5. The Morgan fingerprint density at radius 1 is 1.26 bits per heavy atom. The van der Waals surface area contributed by atoms with Crippen LogP contribution in [0.1, 0.15) is 37.1 Å². The molecule has 6 nitrogen and oxygen atoms in total. The third kappa shape index (κ3) is 4.03. The highest BCUT2D eigenvalue weighted by Gasteiger charge is 2.16. The lowest BCUT2D eigenvalue weighted by Gasteiger charge is -2.14. The van der Waals surface area contributed by atoms with Gasteiger partial charge in [0.15, 0.2) is 0 Å². The molecule has 0 bridgehead atoms. The molecule has 122 valence electrons. The number of oxazole rings is 1. The number of carbonyl (C=O) groups is 1. The van der Waals surface area contributed by atoms with Crippen LogP contribution in [0.4, 0.5) is 16.5 Å². The molecule has 1 aliphatic rings. The molecule has 1 aromatic heterocycles. The first-order chi connectivity index (χ1) is 11.1. The Hall–Kier alpha value is -2.50. The van der Waals surface area contributed by atoms with Gasteiger partial charge in [0.2, 0.25) is 0 Å². The molecule has 0 aliphatic heterocycles. The fraction of sp³-hybridized carbons (Fsp3) is 0.412. The molecule has 1 aliphatic carbocycles. The first-order valence-electron chi connectivity index (χ1n) is 7.89. The van der Waals surface area contributed by atoms with E-state index in [0.29, 0.717) is 11.4 Å². The van der Waals surface area contributed by atoms with Crippen LogP contribution in [0.15, 0.2) is 28.7 Å². The Bertz CT molecular complexity index is 671. The smallest absolute Gasteiger partial charge is 0.327 e. The average molecular weight is 315 g/mol. The summed E-state index contributed by atoms with van der Waals surface area (Å²) in [7, 11) is 0. The predicted molar refractivity (Wildman–Crippen MR) is 87.9 cm³/mol. The summed E-state index contributed by atoms with van der Waals surface area (Å²) in [6.45, 7) is 3.63. The predicted octanol–water partition coefficient (Wildman–Crippen LogP) is 4.26. The summed E-state index contributed by atoms with van der Waals surface area (Å²) >= 11 is 0. The van der Waals surface area contributed by atoms with Crippen molar-refractivity contribution in [1.29, 1.82) is 0 Å². The highest BCUT2D eigenvalue weighted by molar-refractivity contribution is 5.98. The maximum absolute atomic E-state index is 12.0. The largest absolute Gasteiger partial charge is 0.490 e. The van der Waals surface area contributed by atoms with Crippen molar-refractivity contribution in [2.75, 3.05) is 10.6 Å². The van der Waals surface area contributed by atoms with Crippen LogP contribution in [0.5, 0.6) is 5.75 Å². The van der Waals surface area contributed by atoms with E-state index in [-0.39, 0.29) is 12.1 Å². The SMILES string of the molecule is Cc1nc(NC(=O)Nc2cccc(OC3CCCC3)c2)oc1C. The van der Waals surface area contributed by atoms with Crippen LogP contribution in [-0.4, -0.2) is 17.1 Å². The van der Waals surface area contributed by atoms with Gasteiger partial charge in [-0.2, -0.15) is 4.98 Å². The minimum Gasteiger partial charge on any atom is -0.490 e. The highest BCUT2D eigenvalue weighted by Crippen LogP contribution is 2.25. The molecule has 0 atom stereocenters. The summed E-state index contributed by atoms with van der Waals surface area (Å²) in [6.07, 6.45) is 4.93. The van der Waals surface area contributed by atoms with Crippen LogP contribution in [0.25, 0.3) is 0 Å². The van der Waals surface area contributed by atoms with E-state index < -0.39 is 6.03 Å². The van der Waals surface area contributed by atoms with Gasteiger partial charge in [0, 0.05) is 11.8 Å². The van der Waals surface area contributed by atoms with Crippen molar-refractivity contribution in [3.63, 3.8) is 0 Å². The van der Waals surface area contributed by atoms with Crippen molar-refractivity contribution in [3.8, 4) is 5.75 Å². The Morgan fingerprint density at radius 3 is 2.74 bits per heavy atom. The third-order valence-electron chi connectivity index (χ3n) is 3.95. The normalized spacial score (nSPS) is 14.7. The second-order valence-electron chi connectivity index (χ2n) is 5.79. The van der Waals surface area contributed by atoms with E-state index >= 15 is 0 Å². The molecule has 0 spiro atoms. The summed E-state index contributed by atoms with van der Waals surface area (Å²) in [5.41, 5.74) is 1.42. The molecule has 1 fully saturated rings. The van der Waals surface area contributed by atoms with Gasteiger partial charge < -0.3 is 14.5 Å². The number of hydrogen-bond acceptors (Lipinski definition) is 4. The number of ether oxygens (including phenoxy) is 1. The minimum absolute atomic E-state index is 0.191. The van der Waals surface area contributed by atoms with Crippen LogP contribution >= 0.6 is 0 Å². The quantitative estimate of drug-likeness (QED) is 0.884. The number of rotatable bonds is 4. The van der Waals surface area contributed by atoms with E-state index in [1.165, 1.54) is 12.8 Å². The molecule has 2 amide bonds. The standard InChI is InChI=1S/C17H21N3O3/c1-11-12(2)22-17(18-11)20-16(21)19-13-6-5-9-15(10-13)23-14-7-3-4-8-14/h5-6,9-10,14H,3-4,7-8H2,1-2H3,(H2,18,19,20,21). The number of aryl methyl sites for hydroxylation is 2. The number of nitrogens with one attached hydrogen (secondary N) is 2. The molecule has 1 saturated carbocycles. The van der Waals surface area contributed by atoms with Gasteiger partial charge in [0.1, 0.15) is 11.5 Å². The second kappa shape index (κ2) is 6.73. The second-order valence-corrected chi connectivity index (χ2v) is 5.79. The van der Waals surface area contributed by atoms with Crippen LogP contribution in [0.2, 0.25) is 0 Å². The molecule has 0 saturated heterocycles. The van der Waals surface area contributed by atoms with E-state index in [4.69, 9.17) is 9.15 Å². The van der Waals surface area contributed by atoms with Crippen molar-refractivity contribution >= 4 is 17.7 Å². The third-order valence-corrected chi connectivity index (χ3v) is 3.95. The maximum Gasteiger partial charge on any atom is 0.327 e. The van der Waals surface area contributed by atoms with Crippen LogP contribution in [0, 0.1) is 13.8 Å². The van der Waals surface area contributed by atoms with Gasteiger partial charge in [0.25, 0.3) is 0 Å². The van der Waals surface area contributed by atoms with E-state index in [0.717, 1.165) is 24.3 Å². The molecular weight excluding hydrogens is 294 g/mol. The van der Waals surface area contributed by atoms with Crippen LogP contribution in [0.3, 0.4) is 0 Å². The van der Waals surface area contributed by atoms with Crippen LogP contribution < -0.4 is 15.4 Å². The van der Waals surface area contributed by atoms with Gasteiger partial charge in [-0.1, -0.05) is 6.07 Å². The molecule has 2 aromatic rings. The lowest BCUT2D eigenvalue weighted by Crippen LogP contribution is -2.19. The van der Waals surface area contributed by atoms with Gasteiger partial charge in [0.05, 0.1) is 11.8 Å². The number of nitrogens with zero attached hydrogens (tertiary/aromatic N) is 1. The van der Waals surface area contributed by atoms with E-state index in [2.05, 4.69) is 15.6 Å². The molecule has 0 unspecified atom stereocenters. The number of anilines is 2. The molecule has 6 heteroatoms. The minimum atomic E-state index is -0.399. The van der Waals surface area contributed by atoms with Crippen molar-refractivity contribution in [3.05, 3.63) is 35.7 Å². The average Bonchev–Trinajstić information content (AvgIpc) is 3.10. The Balaban J connectivity index is 1.59. The fourth-order valence-electron chi connectivity index (χ4n) is 2.63.